The Balaban J connectivity index is 1.97. The molecular weight excluding hydrogens is 262 g/mol. The Kier molecular flexibility index (Phi) is 2.74. The minimum absolute atomic E-state index is 0.0280. The number of non-ortho nitro benzene ring substituents is 1. The Morgan fingerprint density at radius 1 is 1.45 bits per heavy atom. The van der Waals surface area contributed by atoms with E-state index in [1.165, 1.54) is 17.0 Å². The predicted molar refractivity (Wildman–Crippen MR) is 69.7 cm³/mol. The van der Waals surface area contributed by atoms with Crippen LogP contribution in [0.4, 0.5) is 11.4 Å². The van der Waals surface area contributed by atoms with Crippen molar-refractivity contribution in [2.75, 3.05) is 11.4 Å². The molecule has 0 fully saturated rings. The van der Waals surface area contributed by atoms with E-state index in [1.54, 1.807) is 19.1 Å². The number of nitrogens with zero attached hydrogens (tertiary/aromatic N) is 3. The van der Waals surface area contributed by atoms with Gasteiger partial charge in [0.2, 0.25) is 0 Å². The molecule has 1 amide bonds. The fourth-order valence-corrected chi connectivity index (χ4v) is 2.30. The topological polar surface area (TPSA) is 89.5 Å². The number of amides is 1. The molecule has 1 aromatic carbocycles. The van der Waals surface area contributed by atoms with Gasteiger partial charge in [-0.25, -0.2) is 0 Å². The molecule has 0 N–H and O–H groups in total. The largest absolute Gasteiger partial charge is 0.361 e. The van der Waals surface area contributed by atoms with Crippen LogP contribution in [0.1, 0.15) is 21.8 Å². The van der Waals surface area contributed by atoms with Crippen molar-refractivity contribution in [3.05, 3.63) is 51.4 Å². The summed E-state index contributed by atoms with van der Waals surface area (Å²) in [6.45, 7) is 2.19. The van der Waals surface area contributed by atoms with Gasteiger partial charge in [-0.2, -0.15) is 0 Å². The number of carbonyl (C=O) groups excluding carboxylic acids is 1. The smallest absolute Gasteiger partial charge is 0.280 e. The van der Waals surface area contributed by atoms with Gasteiger partial charge >= 0.3 is 0 Å². The number of hydrogen-bond acceptors (Lipinski definition) is 5. The molecule has 102 valence electrons. The molecule has 1 aliphatic heterocycles. The molecule has 3 rings (SSSR count). The quantitative estimate of drug-likeness (QED) is 0.617. The Morgan fingerprint density at radius 2 is 2.25 bits per heavy atom. The first-order valence-corrected chi connectivity index (χ1v) is 6.09. The van der Waals surface area contributed by atoms with Gasteiger partial charge in [-0.3, -0.25) is 14.9 Å². The van der Waals surface area contributed by atoms with E-state index < -0.39 is 4.92 Å². The molecule has 2 aromatic rings. The first-order chi connectivity index (χ1) is 9.56. The average molecular weight is 273 g/mol. The molecule has 1 aromatic heterocycles. The van der Waals surface area contributed by atoms with Crippen molar-refractivity contribution >= 4 is 17.3 Å². The molecule has 7 nitrogen and oxygen atoms in total. The standard InChI is InChI=1S/C13H11N3O4/c1-8-6-11(14-20-8)13(17)15-5-4-9-2-3-10(16(18)19)7-12(9)15/h2-3,6-7H,4-5H2,1H3. The fourth-order valence-electron chi connectivity index (χ4n) is 2.30. The zero-order valence-electron chi connectivity index (χ0n) is 10.7. The van der Waals surface area contributed by atoms with Crippen LogP contribution >= 0.6 is 0 Å². The normalized spacial score (nSPS) is 13.3. The van der Waals surface area contributed by atoms with Gasteiger partial charge in [-0.05, 0) is 18.9 Å². The fraction of sp³-hybridized carbons (Fsp3) is 0.231. The Hall–Kier alpha value is -2.70. The zero-order valence-corrected chi connectivity index (χ0v) is 10.7. The number of carbonyl (C=O) groups is 1. The highest BCUT2D eigenvalue weighted by molar-refractivity contribution is 6.06. The Labute approximate surface area is 113 Å². The molecule has 0 saturated heterocycles. The number of fused-ring (bicyclic) bond motifs is 1. The van der Waals surface area contributed by atoms with Crippen LogP contribution in [-0.2, 0) is 6.42 Å². The maximum atomic E-state index is 12.3. The molecular formula is C13H11N3O4. The van der Waals surface area contributed by atoms with Gasteiger partial charge in [0.25, 0.3) is 11.6 Å². The van der Waals surface area contributed by atoms with Crippen LogP contribution in [0.15, 0.2) is 28.8 Å². The second-order valence-corrected chi connectivity index (χ2v) is 4.60. The van der Waals surface area contributed by atoms with Crippen LogP contribution in [0.3, 0.4) is 0 Å². The van der Waals surface area contributed by atoms with Crippen molar-refractivity contribution in [2.45, 2.75) is 13.3 Å². The summed E-state index contributed by atoms with van der Waals surface area (Å²) in [5.74, 6) is 0.243. The molecule has 0 bridgehead atoms. The highest BCUT2D eigenvalue weighted by Crippen LogP contribution is 2.32. The van der Waals surface area contributed by atoms with E-state index in [0.717, 1.165) is 5.56 Å². The van der Waals surface area contributed by atoms with Gasteiger partial charge in [0, 0.05) is 24.7 Å². The van der Waals surface area contributed by atoms with E-state index in [4.69, 9.17) is 4.52 Å². The number of benzene rings is 1. The molecule has 0 radical (unpaired) electrons. The highest BCUT2D eigenvalue weighted by atomic mass is 16.6. The molecule has 1 aliphatic rings. The number of hydrogen-bond donors (Lipinski definition) is 0. The molecule has 7 heteroatoms. The molecule has 0 aliphatic carbocycles. The van der Waals surface area contributed by atoms with Crippen LogP contribution in [0.2, 0.25) is 0 Å². The van der Waals surface area contributed by atoms with E-state index in [2.05, 4.69) is 5.16 Å². The van der Waals surface area contributed by atoms with E-state index in [9.17, 15) is 14.9 Å². The van der Waals surface area contributed by atoms with Crippen LogP contribution < -0.4 is 4.90 Å². The third-order valence-corrected chi connectivity index (χ3v) is 3.27. The molecule has 0 unspecified atom stereocenters. The number of aromatic nitrogens is 1. The monoisotopic (exact) mass is 273 g/mol. The Morgan fingerprint density at radius 3 is 2.90 bits per heavy atom. The van der Waals surface area contributed by atoms with Gasteiger partial charge < -0.3 is 9.42 Å². The van der Waals surface area contributed by atoms with Gasteiger partial charge in [-0.1, -0.05) is 11.2 Å². The summed E-state index contributed by atoms with van der Waals surface area (Å²) in [6.07, 6.45) is 0.676. The van der Waals surface area contributed by atoms with Gasteiger partial charge in [0.15, 0.2) is 5.69 Å². The summed E-state index contributed by atoms with van der Waals surface area (Å²) < 4.78 is 4.89. The van der Waals surface area contributed by atoms with Crippen LogP contribution in [0, 0.1) is 17.0 Å². The molecule has 20 heavy (non-hydrogen) atoms. The SMILES string of the molecule is Cc1cc(C(=O)N2CCc3ccc([N+](=O)[O-])cc32)no1. The summed E-state index contributed by atoms with van der Waals surface area (Å²) in [6, 6.07) is 6.12. The maximum Gasteiger partial charge on any atom is 0.280 e. The number of rotatable bonds is 2. The molecule has 0 spiro atoms. The number of nitro benzene ring substituents is 1. The van der Waals surface area contributed by atoms with Crippen molar-refractivity contribution in [2.24, 2.45) is 0 Å². The lowest BCUT2D eigenvalue weighted by Gasteiger charge is -2.15. The van der Waals surface area contributed by atoms with Crippen molar-refractivity contribution < 1.29 is 14.2 Å². The molecule has 0 saturated carbocycles. The zero-order chi connectivity index (χ0) is 14.3. The summed E-state index contributed by atoms with van der Waals surface area (Å²) in [4.78, 5) is 24.2. The van der Waals surface area contributed by atoms with E-state index >= 15 is 0 Å². The summed E-state index contributed by atoms with van der Waals surface area (Å²) in [7, 11) is 0. The van der Waals surface area contributed by atoms with Crippen LogP contribution in [0.5, 0.6) is 0 Å². The van der Waals surface area contributed by atoms with Crippen LogP contribution in [-0.4, -0.2) is 22.5 Å². The molecule has 0 atom stereocenters. The average Bonchev–Trinajstić information content (AvgIpc) is 3.03. The third-order valence-electron chi connectivity index (χ3n) is 3.27. The molecule has 2 heterocycles. The lowest BCUT2D eigenvalue weighted by atomic mass is 10.1. The van der Waals surface area contributed by atoms with E-state index in [0.29, 0.717) is 24.4 Å². The first-order valence-electron chi connectivity index (χ1n) is 6.09. The van der Waals surface area contributed by atoms with Crippen molar-refractivity contribution in [1.29, 1.82) is 0 Å². The number of aryl methyl sites for hydroxylation is 1. The van der Waals surface area contributed by atoms with Crippen molar-refractivity contribution in [3.8, 4) is 0 Å². The summed E-state index contributed by atoms with van der Waals surface area (Å²) in [5.41, 5.74) is 1.68. The Bertz CT molecular complexity index is 707. The van der Waals surface area contributed by atoms with Gasteiger partial charge in [-0.15, -0.1) is 0 Å². The van der Waals surface area contributed by atoms with E-state index in [-0.39, 0.29) is 17.3 Å². The number of nitro groups is 1. The van der Waals surface area contributed by atoms with Gasteiger partial charge in [0.05, 0.1) is 10.6 Å². The van der Waals surface area contributed by atoms with Crippen molar-refractivity contribution in [1.82, 2.24) is 5.16 Å². The van der Waals surface area contributed by atoms with Crippen molar-refractivity contribution in [3.63, 3.8) is 0 Å². The minimum Gasteiger partial charge on any atom is -0.361 e. The summed E-state index contributed by atoms with van der Waals surface area (Å²) in [5, 5.41) is 14.5. The summed E-state index contributed by atoms with van der Waals surface area (Å²) >= 11 is 0. The third kappa shape index (κ3) is 1.93. The predicted octanol–water partition coefficient (Wildman–Crippen LogP) is 2.09. The second kappa shape index (κ2) is 4.44. The van der Waals surface area contributed by atoms with E-state index in [1.807, 2.05) is 0 Å². The lowest BCUT2D eigenvalue weighted by Crippen LogP contribution is -2.29. The maximum absolute atomic E-state index is 12.3. The van der Waals surface area contributed by atoms with Gasteiger partial charge in [0.1, 0.15) is 5.76 Å². The first kappa shape index (κ1) is 12.3. The minimum atomic E-state index is -0.471. The van der Waals surface area contributed by atoms with Crippen LogP contribution in [0.25, 0.3) is 0 Å². The highest BCUT2D eigenvalue weighted by Gasteiger charge is 2.29. The number of anilines is 1. The lowest BCUT2D eigenvalue weighted by molar-refractivity contribution is -0.384. The second-order valence-electron chi connectivity index (χ2n) is 4.60.